The van der Waals surface area contributed by atoms with Crippen LogP contribution in [0.25, 0.3) is 16.5 Å². The Morgan fingerprint density at radius 3 is 2.60 bits per heavy atom. The summed E-state index contributed by atoms with van der Waals surface area (Å²) in [5, 5.41) is 13.4. The van der Waals surface area contributed by atoms with E-state index in [1.54, 1.807) is 18.2 Å². The molecule has 6 heteroatoms. The molecule has 0 atom stereocenters. The van der Waals surface area contributed by atoms with Crippen LogP contribution in [0, 0.1) is 11.3 Å². The van der Waals surface area contributed by atoms with Gasteiger partial charge in [-0.15, -0.1) is 0 Å². The molecule has 0 unspecified atom stereocenters. The molecule has 0 aliphatic rings. The van der Waals surface area contributed by atoms with E-state index in [-0.39, 0.29) is 5.57 Å². The highest BCUT2D eigenvalue weighted by molar-refractivity contribution is 9.10. The number of amides is 1. The number of anilines is 2. The number of halogens is 1. The van der Waals surface area contributed by atoms with Crippen molar-refractivity contribution in [2.45, 2.75) is 0 Å². The second kappa shape index (κ2) is 6.75. The number of nitrogens with zero attached hydrogens (tertiary/aromatic N) is 2. The summed E-state index contributed by atoms with van der Waals surface area (Å²) in [5.74, 6) is -0.592. The number of benzene rings is 2. The predicted octanol–water partition coefficient (Wildman–Crippen LogP) is 4.11. The number of carbonyl (C=O) groups excluding carboxylic acids is 1. The summed E-state index contributed by atoms with van der Waals surface area (Å²) in [5.41, 5.74) is 8.66. The van der Waals surface area contributed by atoms with E-state index in [2.05, 4.69) is 38.9 Å². The lowest BCUT2D eigenvalue weighted by Gasteiger charge is -2.13. The van der Waals surface area contributed by atoms with Crippen LogP contribution in [0.15, 0.2) is 59.7 Å². The number of hydrogen-bond donors (Lipinski definition) is 2. The Hall–Kier alpha value is -3.17. The summed E-state index contributed by atoms with van der Waals surface area (Å²) in [6.07, 6.45) is 1.52. The van der Waals surface area contributed by atoms with Crippen LogP contribution in [0.4, 0.5) is 11.4 Å². The molecule has 0 fully saturated rings. The maximum absolute atomic E-state index is 11.4. The first-order valence-corrected chi connectivity index (χ1v) is 8.13. The summed E-state index contributed by atoms with van der Waals surface area (Å²) in [6, 6.07) is 15.0. The molecular formula is C19H13BrN4O. The van der Waals surface area contributed by atoms with Crippen LogP contribution in [0.2, 0.25) is 0 Å². The third-order valence-corrected chi connectivity index (χ3v) is 4.28. The van der Waals surface area contributed by atoms with E-state index in [1.807, 2.05) is 24.3 Å². The van der Waals surface area contributed by atoms with E-state index >= 15 is 0 Å². The van der Waals surface area contributed by atoms with Crippen LogP contribution in [-0.2, 0) is 4.79 Å². The van der Waals surface area contributed by atoms with Gasteiger partial charge in [-0.05, 0) is 42.0 Å². The third kappa shape index (κ3) is 3.37. The lowest BCUT2D eigenvalue weighted by molar-refractivity contribution is -0.112. The fraction of sp³-hybridized carbons (Fsp3) is 0. The maximum Gasteiger partial charge on any atom is 0.248 e. The summed E-state index contributed by atoms with van der Waals surface area (Å²) in [6.45, 7) is 3.71. The molecule has 3 rings (SSSR count). The number of carbonyl (C=O) groups is 1. The number of nitrogens with one attached hydrogen (secondary N) is 1. The van der Waals surface area contributed by atoms with E-state index in [1.165, 1.54) is 6.20 Å². The second-order valence-electron chi connectivity index (χ2n) is 5.37. The molecule has 5 nitrogen and oxygen atoms in total. The molecule has 1 amide bonds. The van der Waals surface area contributed by atoms with E-state index in [4.69, 9.17) is 5.73 Å². The van der Waals surface area contributed by atoms with Crippen LogP contribution >= 0.6 is 15.9 Å². The van der Waals surface area contributed by atoms with Gasteiger partial charge in [-0.2, -0.15) is 5.26 Å². The van der Waals surface area contributed by atoms with Gasteiger partial charge in [0.05, 0.1) is 16.8 Å². The molecule has 1 aromatic heterocycles. The minimum absolute atomic E-state index is 0.207. The average molecular weight is 393 g/mol. The standard InChI is InChI=1S/C19H13BrN4O/c1-11(19(22)25)12-2-7-17-16(8-12)18(13(9-21)10-23-17)24-15-5-3-14(20)4-6-15/h2-8,10H,1H2,(H2,22,25)(H,23,24). The number of pyridine rings is 1. The minimum Gasteiger partial charge on any atom is -0.366 e. The normalized spacial score (nSPS) is 10.2. The fourth-order valence-corrected chi connectivity index (χ4v) is 2.68. The zero-order chi connectivity index (χ0) is 18.0. The Morgan fingerprint density at radius 2 is 1.96 bits per heavy atom. The predicted molar refractivity (Wildman–Crippen MR) is 102 cm³/mol. The fourth-order valence-electron chi connectivity index (χ4n) is 2.42. The number of fused-ring (bicyclic) bond motifs is 1. The van der Waals surface area contributed by atoms with Gasteiger partial charge in [-0.3, -0.25) is 9.78 Å². The first-order chi connectivity index (χ1) is 12.0. The van der Waals surface area contributed by atoms with Crippen molar-refractivity contribution in [3.05, 3.63) is 70.8 Å². The quantitative estimate of drug-likeness (QED) is 0.653. The molecule has 0 saturated carbocycles. The van der Waals surface area contributed by atoms with Crippen LogP contribution in [0.1, 0.15) is 11.1 Å². The Morgan fingerprint density at radius 1 is 1.24 bits per heavy atom. The summed E-state index contributed by atoms with van der Waals surface area (Å²) in [7, 11) is 0. The van der Waals surface area contributed by atoms with Crippen LogP contribution in [0.5, 0.6) is 0 Å². The topological polar surface area (TPSA) is 91.8 Å². The molecule has 1 heterocycles. The number of aromatic nitrogens is 1. The van der Waals surface area contributed by atoms with Crippen molar-refractivity contribution in [1.82, 2.24) is 4.98 Å². The number of hydrogen-bond acceptors (Lipinski definition) is 4. The van der Waals surface area contributed by atoms with E-state index < -0.39 is 5.91 Å². The molecule has 0 bridgehead atoms. The van der Waals surface area contributed by atoms with Crippen molar-refractivity contribution in [1.29, 1.82) is 5.26 Å². The van der Waals surface area contributed by atoms with Gasteiger partial charge in [0.2, 0.25) is 5.91 Å². The van der Waals surface area contributed by atoms with E-state index in [0.29, 0.717) is 27.7 Å². The lowest BCUT2D eigenvalue weighted by atomic mass is 10.0. The average Bonchev–Trinajstić information content (AvgIpc) is 2.62. The highest BCUT2D eigenvalue weighted by Crippen LogP contribution is 2.31. The minimum atomic E-state index is -0.592. The van der Waals surface area contributed by atoms with Gasteiger partial charge in [0.25, 0.3) is 0 Å². The summed E-state index contributed by atoms with van der Waals surface area (Å²) in [4.78, 5) is 15.7. The molecule has 0 radical (unpaired) electrons. The van der Waals surface area contributed by atoms with Gasteiger partial charge in [-0.1, -0.05) is 28.6 Å². The van der Waals surface area contributed by atoms with Crippen molar-refractivity contribution in [3.63, 3.8) is 0 Å². The molecule has 3 N–H and O–H groups in total. The van der Waals surface area contributed by atoms with Crippen molar-refractivity contribution in [3.8, 4) is 6.07 Å². The Bertz CT molecular complexity index is 1040. The Balaban J connectivity index is 2.18. The van der Waals surface area contributed by atoms with Crippen LogP contribution < -0.4 is 11.1 Å². The van der Waals surface area contributed by atoms with Crippen LogP contribution in [-0.4, -0.2) is 10.9 Å². The molecule has 2 aromatic carbocycles. The lowest BCUT2D eigenvalue weighted by Crippen LogP contribution is -2.12. The highest BCUT2D eigenvalue weighted by Gasteiger charge is 2.12. The van der Waals surface area contributed by atoms with Crippen molar-refractivity contribution < 1.29 is 4.79 Å². The molecule has 0 aliphatic heterocycles. The van der Waals surface area contributed by atoms with Gasteiger partial charge >= 0.3 is 0 Å². The molecule has 0 aliphatic carbocycles. The number of rotatable bonds is 4. The molecule has 0 spiro atoms. The third-order valence-electron chi connectivity index (χ3n) is 3.75. The largest absolute Gasteiger partial charge is 0.366 e. The molecule has 0 saturated heterocycles. The van der Waals surface area contributed by atoms with Crippen molar-refractivity contribution >= 4 is 49.7 Å². The molecule has 3 aromatic rings. The number of nitriles is 1. The van der Waals surface area contributed by atoms with Gasteiger partial charge in [0, 0.05) is 27.3 Å². The summed E-state index contributed by atoms with van der Waals surface area (Å²) >= 11 is 3.39. The van der Waals surface area contributed by atoms with Gasteiger partial charge < -0.3 is 11.1 Å². The Kier molecular flexibility index (Phi) is 4.50. The SMILES string of the molecule is C=C(C(N)=O)c1ccc2ncc(C#N)c(Nc3ccc(Br)cc3)c2c1. The maximum atomic E-state index is 11.4. The zero-order valence-corrected chi connectivity index (χ0v) is 14.7. The Labute approximate surface area is 152 Å². The van der Waals surface area contributed by atoms with Crippen LogP contribution in [0.3, 0.4) is 0 Å². The summed E-state index contributed by atoms with van der Waals surface area (Å²) < 4.78 is 0.957. The molecule has 25 heavy (non-hydrogen) atoms. The first kappa shape index (κ1) is 16.7. The molecular weight excluding hydrogens is 380 g/mol. The van der Waals surface area contributed by atoms with Crippen molar-refractivity contribution in [2.75, 3.05) is 5.32 Å². The van der Waals surface area contributed by atoms with E-state index in [0.717, 1.165) is 10.2 Å². The monoisotopic (exact) mass is 392 g/mol. The molecule has 122 valence electrons. The van der Waals surface area contributed by atoms with Gasteiger partial charge in [-0.25, -0.2) is 0 Å². The second-order valence-corrected chi connectivity index (χ2v) is 6.28. The first-order valence-electron chi connectivity index (χ1n) is 7.34. The smallest absolute Gasteiger partial charge is 0.248 e. The van der Waals surface area contributed by atoms with Gasteiger partial charge in [0.15, 0.2) is 0 Å². The van der Waals surface area contributed by atoms with Gasteiger partial charge in [0.1, 0.15) is 6.07 Å². The number of primary amides is 1. The highest BCUT2D eigenvalue weighted by atomic mass is 79.9. The van der Waals surface area contributed by atoms with Crippen molar-refractivity contribution in [2.24, 2.45) is 5.73 Å². The number of nitrogens with two attached hydrogens (primary N) is 1. The zero-order valence-electron chi connectivity index (χ0n) is 13.1. The van der Waals surface area contributed by atoms with E-state index in [9.17, 15) is 10.1 Å².